The molecule has 1 heterocycles. The lowest BCUT2D eigenvalue weighted by atomic mass is 9.82. The van der Waals surface area contributed by atoms with Crippen LogP contribution in [0.1, 0.15) is 39.5 Å². The molecule has 1 N–H and O–H groups in total. The highest BCUT2D eigenvalue weighted by atomic mass is 16.5. The molecule has 0 spiro atoms. The minimum atomic E-state index is 0.498. The van der Waals surface area contributed by atoms with Crippen LogP contribution in [0.15, 0.2) is 0 Å². The first-order chi connectivity index (χ1) is 6.74. The van der Waals surface area contributed by atoms with Gasteiger partial charge < -0.3 is 10.1 Å². The molecule has 3 unspecified atom stereocenters. The Labute approximate surface area is 87.4 Å². The lowest BCUT2D eigenvalue weighted by molar-refractivity contribution is -0.0401. The summed E-state index contributed by atoms with van der Waals surface area (Å²) in [5, 5.41) is 3.36. The van der Waals surface area contributed by atoms with E-state index in [9.17, 15) is 0 Å². The predicted octanol–water partition coefficient (Wildman–Crippen LogP) is 2.19. The maximum atomic E-state index is 6.13. The predicted molar refractivity (Wildman–Crippen MR) is 58.3 cm³/mol. The van der Waals surface area contributed by atoms with E-state index in [0.29, 0.717) is 12.2 Å². The SMILES string of the molecule is CC1CC(C)CC(OC2CCNC2)C1. The molecule has 0 amide bonds. The molecule has 1 saturated heterocycles. The average Bonchev–Trinajstić information content (AvgIpc) is 2.54. The first-order valence-electron chi connectivity index (χ1n) is 6.10. The third kappa shape index (κ3) is 2.71. The summed E-state index contributed by atoms with van der Waals surface area (Å²) >= 11 is 0. The molecule has 2 nitrogen and oxygen atoms in total. The Bertz CT molecular complexity index is 167. The van der Waals surface area contributed by atoms with Gasteiger partial charge in [-0.1, -0.05) is 13.8 Å². The normalized spacial score (nSPS) is 44.1. The highest BCUT2D eigenvalue weighted by Gasteiger charge is 2.27. The van der Waals surface area contributed by atoms with E-state index in [1.165, 1.54) is 25.7 Å². The zero-order valence-corrected chi connectivity index (χ0v) is 9.46. The van der Waals surface area contributed by atoms with Crippen molar-refractivity contribution in [3.8, 4) is 0 Å². The van der Waals surface area contributed by atoms with Gasteiger partial charge in [0.2, 0.25) is 0 Å². The Morgan fingerprint density at radius 1 is 1.00 bits per heavy atom. The third-order valence-electron chi connectivity index (χ3n) is 3.54. The van der Waals surface area contributed by atoms with Gasteiger partial charge in [-0.05, 0) is 44.1 Å². The second kappa shape index (κ2) is 4.63. The van der Waals surface area contributed by atoms with Crippen LogP contribution in [0.3, 0.4) is 0 Å². The molecule has 82 valence electrons. The standard InChI is InChI=1S/C12H23NO/c1-9-5-10(2)7-12(6-9)14-11-3-4-13-8-11/h9-13H,3-8H2,1-2H3. The van der Waals surface area contributed by atoms with Gasteiger partial charge in [0.1, 0.15) is 0 Å². The molecule has 14 heavy (non-hydrogen) atoms. The molecule has 2 aliphatic rings. The molecular weight excluding hydrogens is 174 g/mol. The van der Waals surface area contributed by atoms with Crippen molar-refractivity contribution < 1.29 is 4.74 Å². The molecule has 2 rings (SSSR count). The second-order valence-electron chi connectivity index (χ2n) is 5.29. The van der Waals surface area contributed by atoms with Crippen molar-refractivity contribution in [3.63, 3.8) is 0 Å². The minimum absolute atomic E-state index is 0.498. The van der Waals surface area contributed by atoms with Gasteiger partial charge in [-0.25, -0.2) is 0 Å². The fraction of sp³-hybridized carbons (Fsp3) is 1.00. The van der Waals surface area contributed by atoms with E-state index in [-0.39, 0.29) is 0 Å². The summed E-state index contributed by atoms with van der Waals surface area (Å²) in [7, 11) is 0. The van der Waals surface area contributed by atoms with Crippen LogP contribution in [0.25, 0.3) is 0 Å². The summed E-state index contributed by atoms with van der Waals surface area (Å²) in [6.07, 6.45) is 6.19. The Morgan fingerprint density at radius 2 is 1.71 bits per heavy atom. The third-order valence-corrected chi connectivity index (χ3v) is 3.54. The van der Waals surface area contributed by atoms with Crippen LogP contribution >= 0.6 is 0 Å². The van der Waals surface area contributed by atoms with Gasteiger partial charge in [-0.2, -0.15) is 0 Å². The Morgan fingerprint density at radius 3 is 2.29 bits per heavy atom. The number of ether oxygens (including phenoxy) is 1. The van der Waals surface area contributed by atoms with E-state index in [4.69, 9.17) is 4.74 Å². The molecule has 3 atom stereocenters. The lowest BCUT2D eigenvalue weighted by Gasteiger charge is -2.33. The quantitative estimate of drug-likeness (QED) is 0.732. The second-order valence-corrected chi connectivity index (χ2v) is 5.29. The molecule has 2 heteroatoms. The van der Waals surface area contributed by atoms with E-state index in [1.807, 2.05) is 0 Å². The number of rotatable bonds is 2. The van der Waals surface area contributed by atoms with Gasteiger partial charge in [-0.3, -0.25) is 0 Å². The van der Waals surface area contributed by atoms with Crippen LogP contribution in [0.4, 0.5) is 0 Å². The van der Waals surface area contributed by atoms with Crippen LogP contribution in [-0.2, 0) is 4.74 Å². The Balaban J connectivity index is 1.78. The van der Waals surface area contributed by atoms with Crippen molar-refractivity contribution in [1.29, 1.82) is 0 Å². The van der Waals surface area contributed by atoms with E-state index < -0.39 is 0 Å². The molecule has 0 radical (unpaired) electrons. The van der Waals surface area contributed by atoms with Crippen LogP contribution in [0, 0.1) is 11.8 Å². The van der Waals surface area contributed by atoms with E-state index >= 15 is 0 Å². The maximum Gasteiger partial charge on any atom is 0.0715 e. The van der Waals surface area contributed by atoms with Gasteiger partial charge in [0.25, 0.3) is 0 Å². The van der Waals surface area contributed by atoms with Gasteiger partial charge in [0.15, 0.2) is 0 Å². The van der Waals surface area contributed by atoms with Crippen molar-refractivity contribution in [2.24, 2.45) is 11.8 Å². The van der Waals surface area contributed by atoms with Crippen molar-refractivity contribution in [2.45, 2.75) is 51.7 Å². The van der Waals surface area contributed by atoms with Crippen LogP contribution in [-0.4, -0.2) is 25.3 Å². The molecule has 0 bridgehead atoms. The molecule has 1 saturated carbocycles. The molecule has 1 aliphatic carbocycles. The Kier molecular flexibility index (Phi) is 3.45. The monoisotopic (exact) mass is 197 g/mol. The molecule has 1 aliphatic heterocycles. The van der Waals surface area contributed by atoms with Crippen LogP contribution in [0.5, 0.6) is 0 Å². The average molecular weight is 197 g/mol. The fourth-order valence-corrected chi connectivity index (χ4v) is 3.00. The highest BCUT2D eigenvalue weighted by molar-refractivity contribution is 4.79. The highest BCUT2D eigenvalue weighted by Crippen LogP contribution is 2.31. The number of hydrogen-bond acceptors (Lipinski definition) is 2. The summed E-state index contributed by atoms with van der Waals surface area (Å²) in [6.45, 7) is 6.93. The van der Waals surface area contributed by atoms with Crippen LogP contribution < -0.4 is 5.32 Å². The minimum Gasteiger partial charge on any atom is -0.374 e. The lowest BCUT2D eigenvalue weighted by Crippen LogP contribution is -2.31. The fourth-order valence-electron chi connectivity index (χ4n) is 3.00. The summed E-state index contributed by atoms with van der Waals surface area (Å²) in [5.74, 6) is 1.72. The summed E-state index contributed by atoms with van der Waals surface area (Å²) in [5.41, 5.74) is 0. The van der Waals surface area contributed by atoms with Crippen molar-refractivity contribution >= 4 is 0 Å². The van der Waals surface area contributed by atoms with Crippen molar-refractivity contribution in [3.05, 3.63) is 0 Å². The number of nitrogens with one attached hydrogen (secondary N) is 1. The van der Waals surface area contributed by atoms with E-state index in [1.54, 1.807) is 0 Å². The summed E-state index contributed by atoms with van der Waals surface area (Å²) in [4.78, 5) is 0. The smallest absolute Gasteiger partial charge is 0.0715 e. The molecular formula is C12H23NO. The van der Waals surface area contributed by atoms with E-state index in [2.05, 4.69) is 19.2 Å². The maximum absolute atomic E-state index is 6.13. The summed E-state index contributed by atoms with van der Waals surface area (Å²) in [6, 6.07) is 0. The van der Waals surface area contributed by atoms with Gasteiger partial charge in [0.05, 0.1) is 12.2 Å². The van der Waals surface area contributed by atoms with E-state index in [0.717, 1.165) is 24.9 Å². The Hall–Kier alpha value is -0.0800. The first-order valence-corrected chi connectivity index (χ1v) is 6.10. The molecule has 0 aromatic rings. The van der Waals surface area contributed by atoms with Crippen molar-refractivity contribution in [1.82, 2.24) is 5.32 Å². The topological polar surface area (TPSA) is 21.3 Å². The van der Waals surface area contributed by atoms with Crippen LogP contribution in [0.2, 0.25) is 0 Å². The van der Waals surface area contributed by atoms with Crippen molar-refractivity contribution in [2.75, 3.05) is 13.1 Å². The largest absolute Gasteiger partial charge is 0.374 e. The van der Waals surface area contributed by atoms with Gasteiger partial charge in [-0.15, -0.1) is 0 Å². The summed E-state index contributed by atoms with van der Waals surface area (Å²) < 4.78 is 6.13. The molecule has 0 aromatic carbocycles. The van der Waals surface area contributed by atoms with Gasteiger partial charge in [0, 0.05) is 6.54 Å². The zero-order valence-electron chi connectivity index (χ0n) is 9.46. The molecule has 2 fully saturated rings. The first kappa shape index (κ1) is 10.4. The number of hydrogen-bond donors (Lipinski definition) is 1. The zero-order chi connectivity index (χ0) is 9.97. The molecule has 0 aromatic heterocycles. The van der Waals surface area contributed by atoms with Gasteiger partial charge >= 0.3 is 0 Å².